The van der Waals surface area contributed by atoms with Crippen molar-refractivity contribution in [1.29, 1.82) is 0 Å². The lowest BCUT2D eigenvalue weighted by atomic mass is 9.82. The number of rotatable bonds is 4. The van der Waals surface area contributed by atoms with E-state index in [2.05, 4.69) is 9.64 Å². The van der Waals surface area contributed by atoms with Crippen LogP contribution in [-0.4, -0.2) is 50.4 Å². The van der Waals surface area contributed by atoms with Gasteiger partial charge in [0.05, 0.1) is 13.7 Å². The molecule has 0 radical (unpaired) electrons. The molecule has 1 unspecified atom stereocenters. The van der Waals surface area contributed by atoms with Gasteiger partial charge in [-0.15, -0.1) is 0 Å². The molecular formula is C11H20N2O3. The molecule has 5 heteroatoms. The van der Waals surface area contributed by atoms with E-state index in [1.54, 1.807) is 0 Å². The van der Waals surface area contributed by atoms with Crippen LogP contribution in [0.2, 0.25) is 0 Å². The maximum absolute atomic E-state index is 11.7. The molecule has 1 atom stereocenters. The predicted molar refractivity (Wildman–Crippen MR) is 59.8 cm³/mol. The molecule has 1 saturated heterocycles. The van der Waals surface area contributed by atoms with Crippen LogP contribution in [0.3, 0.4) is 0 Å². The maximum Gasteiger partial charge on any atom is 0.316 e. The Morgan fingerprint density at radius 1 is 1.44 bits per heavy atom. The third-order valence-corrected chi connectivity index (χ3v) is 3.24. The van der Waals surface area contributed by atoms with Gasteiger partial charge in [-0.25, -0.2) is 0 Å². The molecule has 2 N–H and O–H groups in total. The monoisotopic (exact) mass is 228 g/mol. The number of carbonyl (C=O) groups excluding carboxylic acids is 2. The van der Waals surface area contributed by atoms with Crippen molar-refractivity contribution in [2.75, 3.05) is 33.8 Å². The van der Waals surface area contributed by atoms with Gasteiger partial charge in [0.25, 0.3) is 0 Å². The summed E-state index contributed by atoms with van der Waals surface area (Å²) in [5, 5.41) is 0. The van der Waals surface area contributed by atoms with Gasteiger partial charge in [-0.1, -0.05) is 0 Å². The van der Waals surface area contributed by atoms with E-state index in [9.17, 15) is 9.59 Å². The zero-order chi connectivity index (χ0) is 12.1. The van der Waals surface area contributed by atoms with Gasteiger partial charge in [0.1, 0.15) is 5.92 Å². The lowest BCUT2D eigenvalue weighted by Gasteiger charge is -2.32. The summed E-state index contributed by atoms with van der Waals surface area (Å²) in [6.45, 7) is 1.73. The minimum Gasteiger partial charge on any atom is -0.468 e. The normalized spacial score (nSPS) is 20.4. The van der Waals surface area contributed by atoms with Crippen LogP contribution in [0.15, 0.2) is 0 Å². The van der Waals surface area contributed by atoms with E-state index >= 15 is 0 Å². The number of nitrogens with zero attached hydrogens (tertiary/aromatic N) is 1. The number of Topliss-reactive ketones (excluding diaryl/α,β-unsaturated/α-hetero) is 1. The molecule has 92 valence electrons. The van der Waals surface area contributed by atoms with Crippen molar-refractivity contribution in [2.24, 2.45) is 17.6 Å². The fourth-order valence-electron chi connectivity index (χ4n) is 2.20. The first-order valence-corrected chi connectivity index (χ1v) is 5.59. The van der Waals surface area contributed by atoms with Crippen molar-refractivity contribution >= 4 is 11.8 Å². The largest absolute Gasteiger partial charge is 0.468 e. The molecule has 0 saturated carbocycles. The number of piperidine rings is 1. The third kappa shape index (κ3) is 3.02. The summed E-state index contributed by atoms with van der Waals surface area (Å²) in [5.74, 6) is -1.23. The molecule has 1 heterocycles. The van der Waals surface area contributed by atoms with Crippen LogP contribution < -0.4 is 5.73 Å². The van der Waals surface area contributed by atoms with E-state index < -0.39 is 11.9 Å². The summed E-state index contributed by atoms with van der Waals surface area (Å²) in [6, 6.07) is 0. The van der Waals surface area contributed by atoms with Crippen LogP contribution in [-0.2, 0) is 14.3 Å². The first kappa shape index (κ1) is 13.1. The number of ether oxygens (including phenoxy) is 1. The molecule has 0 bridgehead atoms. The van der Waals surface area contributed by atoms with Crippen molar-refractivity contribution in [3.63, 3.8) is 0 Å². The zero-order valence-corrected chi connectivity index (χ0v) is 9.94. The smallest absolute Gasteiger partial charge is 0.316 e. The molecule has 1 aliphatic heterocycles. The third-order valence-electron chi connectivity index (χ3n) is 3.24. The molecular weight excluding hydrogens is 208 g/mol. The first-order chi connectivity index (χ1) is 7.60. The molecule has 0 aliphatic carbocycles. The van der Waals surface area contributed by atoms with Gasteiger partial charge < -0.3 is 15.4 Å². The second-order valence-electron chi connectivity index (χ2n) is 4.31. The fraction of sp³-hybridized carbons (Fsp3) is 0.818. The molecule has 0 aromatic rings. The Hall–Kier alpha value is -0.940. The number of esters is 1. The summed E-state index contributed by atoms with van der Waals surface area (Å²) < 4.78 is 4.69. The molecule has 1 aliphatic rings. The van der Waals surface area contributed by atoms with E-state index in [0.29, 0.717) is 0 Å². The van der Waals surface area contributed by atoms with E-state index in [1.165, 1.54) is 7.11 Å². The van der Waals surface area contributed by atoms with E-state index in [1.807, 2.05) is 7.05 Å². The van der Waals surface area contributed by atoms with Crippen molar-refractivity contribution in [1.82, 2.24) is 4.90 Å². The number of methoxy groups -OCH3 is 1. The lowest BCUT2D eigenvalue weighted by Crippen LogP contribution is -2.41. The minimum atomic E-state index is -0.663. The molecule has 16 heavy (non-hydrogen) atoms. The number of nitrogens with two attached hydrogens (primary N) is 1. The number of hydrogen-bond acceptors (Lipinski definition) is 5. The minimum absolute atomic E-state index is 0.0831. The Bertz CT molecular complexity index is 244. The Balaban J connectivity index is 2.69. The zero-order valence-electron chi connectivity index (χ0n) is 9.94. The average Bonchev–Trinajstić information content (AvgIpc) is 2.31. The predicted octanol–water partition coefficient (Wildman–Crippen LogP) is -0.355. The summed E-state index contributed by atoms with van der Waals surface area (Å²) in [5.41, 5.74) is 5.33. The molecule has 5 nitrogen and oxygen atoms in total. The molecule has 1 fully saturated rings. The Morgan fingerprint density at radius 3 is 2.44 bits per heavy atom. The van der Waals surface area contributed by atoms with Gasteiger partial charge >= 0.3 is 5.97 Å². The van der Waals surface area contributed by atoms with Crippen LogP contribution in [0.4, 0.5) is 0 Å². The quantitative estimate of drug-likeness (QED) is 0.526. The Morgan fingerprint density at radius 2 is 2.00 bits per heavy atom. The Kier molecular flexibility index (Phi) is 4.89. The number of likely N-dealkylation sites (tertiary alicyclic amines) is 1. The van der Waals surface area contributed by atoms with Crippen molar-refractivity contribution in [3.8, 4) is 0 Å². The van der Waals surface area contributed by atoms with Crippen LogP contribution >= 0.6 is 0 Å². The van der Waals surface area contributed by atoms with Crippen LogP contribution in [0.1, 0.15) is 12.8 Å². The summed E-state index contributed by atoms with van der Waals surface area (Å²) in [4.78, 5) is 25.4. The van der Waals surface area contributed by atoms with E-state index in [-0.39, 0.29) is 18.2 Å². The second kappa shape index (κ2) is 5.96. The van der Waals surface area contributed by atoms with Gasteiger partial charge in [0, 0.05) is 0 Å². The first-order valence-electron chi connectivity index (χ1n) is 5.59. The van der Waals surface area contributed by atoms with Crippen LogP contribution in [0.25, 0.3) is 0 Å². The fourth-order valence-corrected chi connectivity index (χ4v) is 2.20. The SMILES string of the molecule is COC(=O)C(C(=O)CN)C1CCN(C)CC1. The standard InChI is InChI=1S/C11H20N2O3/c1-13-5-3-8(4-6-13)10(9(14)7-12)11(15)16-2/h8,10H,3-7,12H2,1-2H3. The van der Waals surface area contributed by atoms with Crippen LogP contribution in [0.5, 0.6) is 0 Å². The summed E-state index contributed by atoms with van der Waals surface area (Å²) in [7, 11) is 3.35. The highest BCUT2D eigenvalue weighted by Gasteiger charge is 2.35. The van der Waals surface area contributed by atoms with Gasteiger partial charge in [-0.05, 0) is 38.9 Å². The van der Waals surface area contributed by atoms with Crippen LogP contribution in [0, 0.1) is 11.8 Å². The van der Waals surface area contributed by atoms with Gasteiger partial charge in [0.15, 0.2) is 5.78 Å². The lowest BCUT2D eigenvalue weighted by molar-refractivity contribution is -0.152. The van der Waals surface area contributed by atoms with Crippen molar-refractivity contribution in [2.45, 2.75) is 12.8 Å². The molecule has 0 spiro atoms. The number of hydrogen-bond donors (Lipinski definition) is 1. The molecule has 1 rings (SSSR count). The highest BCUT2D eigenvalue weighted by Crippen LogP contribution is 2.26. The van der Waals surface area contributed by atoms with Crippen molar-refractivity contribution in [3.05, 3.63) is 0 Å². The summed E-state index contributed by atoms with van der Waals surface area (Å²) >= 11 is 0. The highest BCUT2D eigenvalue weighted by atomic mass is 16.5. The topological polar surface area (TPSA) is 72.6 Å². The summed E-state index contributed by atoms with van der Waals surface area (Å²) in [6.07, 6.45) is 1.70. The second-order valence-corrected chi connectivity index (χ2v) is 4.31. The van der Waals surface area contributed by atoms with E-state index in [4.69, 9.17) is 5.73 Å². The number of carbonyl (C=O) groups is 2. The van der Waals surface area contributed by atoms with Gasteiger partial charge in [-0.3, -0.25) is 9.59 Å². The maximum atomic E-state index is 11.7. The Labute approximate surface area is 95.9 Å². The van der Waals surface area contributed by atoms with Crippen molar-refractivity contribution < 1.29 is 14.3 Å². The van der Waals surface area contributed by atoms with E-state index in [0.717, 1.165) is 25.9 Å². The molecule has 0 amide bonds. The number of ketones is 1. The van der Waals surface area contributed by atoms with Gasteiger partial charge in [-0.2, -0.15) is 0 Å². The molecule has 0 aromatic carbocycles. The molecule has 0 aromatic heterocycles. The average molecular weight is 228 g/mol. The van der Waals surface area contributed by atoms with Gasteiger partial charge in [0.2, 0.25) is 0 Å². The highest BCUT2D eigenvalue weighted by molar-refractivity contribution is 6.00.